The summed E-state index contributed by atoms with van der Waals surface area (Å²) in [6.45, 7) is 1.30. The molecule has 3 aromatic rings. The van der Waals surface area contributed by atoms with Crippen LogP contribution in [0.5, 0.6) is 0 Å². The summed E-state index contributed by atoms with van der Waals surface area (Å²) in [5.41, 5.74) is 2.97. The molecule has 0 aliphatic carbocycles. The first kappa shape index (κ1) is 19.1. The van der Waals surface area contributed by atoms with Crippen LogP contribution in [0.3, 0.4) is 0 Å². The highest BCUT2D eigenvalue weighted by Gasteiger charge is 2.41. The van der Waals surface area contributed by atoms with Gasteiger partial charge in [0.1, 0.15) is 0 Å². The molecule has 3 heterocycles. The van der Waals surface area contributed by atoms with Crippen LogP contribution in [0.15, 0.2) is 77.6 Å². The third-order valence-electron chi connectivity index (χ3n) is 6.46. The number of likely N-dealkylation sites (tertiary alicyclic amines) is 1. The molecule has 5 rings (SSSR count). The zero-order valence-electron chi connectivity index (χ0n) is 16.6. The lowest BCUT2D eigenvalue weighted by Crippen LogP contribution is -2.51. The largest absolute Gasteiger partial charge is 0.338 e. The highest BCUT2D eigenvalue weighted by molar-refractivity contribution is 6.30. The van der Waals surface area contributed by atoms with Crippen LogP contribution in [-0.2, 0) is 6.42 Å². The van der Waals surface area contributed by atoms with Crippen molar-refractivity contribution in [1.82, 2.24) is 9.47 Å². The number of halogens is 1. The molecule has 0 saturated carbocycles. The summed E-state index contributed by atoms with van der Waals surface area (Å²) in [4.78, 5) is 28.0. The Balaban J connectivity index is 1.50. The average molecular weight is 419 g/mol. The van der Waals surface area contributed by atoms with Gasteiger partial charge in [0.25, 0.3) is 11.5 Å². The lowest BCUT2D eigenvalue weighted by atomic mass is 9.76. The monoisotopic (exact) mass is 418 g/mol. The number of amides is 1. The van der Waals surface area contributed by atoms with Gasteiger partial charge < -0.3 is 9.47 Å². The molecule has 2 aromatic carbocycles. The number of piperidine rings is 1. The molecule has 152 valence electrons. The summed E-state index contributed by atoms with van der Waals surface area (Å²) in [6, 6.07) is 23.0. The van der Waals surface area contributed by atoms with Gasteiger partial charge in [0.15, 0.2) is 0 Å². The zero-order valence-corrected chi connectivity index (χ0v) is 17.3. The minimum absolute atomic E-state index is 0.0338. The molecule has 1 aromatic heterocycles. The normalized spacial score (nSPS) is 22.4. The number of pyridine rings is 1. The summed E-state index contributed by atoms with van der Waals surface area (Å²) < 4.78 is 2.00. The maximum atomic E-state index is 13.2. The van der Waals surface area contributed by atoms with Crippen LogP contribution in [0.4, 0.5) is 0 Å². The zero-order chi connectivity index (χ0) is 20.7. The fourth-order valence-corrected chi connectivity index (χ4v) is 5.23. The molecule has 4 nitrogen and oxygen atoms in total. The number of rotatable bonds is 3. The smallest absolute Gasteiger partial charge is 0.253 e. The van der Waals surface area contributed by atoms with Crippen LogP contribution >= 0.6 is 11.6 Å². The molecule has 1 saturated heterocycles. The molecular weight excluding hydrogens is 396 g/mol. The Labute approximate surface area is 180 Å². The van der Waals surface area contributed by atoms with Crippen molar-refractivity contribution in [2.75, 3.05) is 13.1 Å². The van der Waals surface area contributed by atoms with Crippen molar-refractivity contribution in [2.45, 2.75) is 24.8 Å². The van der Waals surface area contributed by atoms with E-state index < -0.39 is 0 Å². The second-order valence-electron chi connectivity index (χ2n) is 8.33. The Morgan fingerprint density at radius 2 is 1.70 bits per heavy atom. The Morgan fingerprint density at radius 1 is 0.933 bits per heavy atom. The Bertz CT molecular complexity index is 1120. The standard InChI is InChI=1S/C25H23ClN2O2/c26-21-11-9-18(10-12-21)25(30)27-15-19-14-20(16-27)23(13-17-5-2-1-3-6-17)28-22(19)7-4-8-24(28)29/h1-12,19-20,23H,13-16H2/t19-,20+,23+/m1/s1. The van der Waals surface area contributed by atoms with Crippen LogP contribution in [0.2, 0.25) is 5.02 Å². The van der Waals surface area contributed by atoms with Crippen molar-refractivity contribution in [3.8, 4) is 0 Å². The van der Waals surface area contributed by atoms with E-state index in [-0.39, 0.29) is 29.3 Å². The summed E-state index contributed by atoms with van der Waals surface area (Å²) >= 11 is 5.99. The van der Waals surface area contributed by atoms with Crippen molar-refractivity contribution >= 4 is 17.5 Å². The number of fused-ring (bicyclic) bond motifs is 4. The second-order valence-corrected chi connectivity index (χ2v) is 8.76. The maximum Gasteiger partial charge on any atom is 0.253 e. The predicted octanol–water partition coefficient (Wildman–Crippen LogP) is 4.55. The number of carbonyl (C=O) groups excluding carboxylic acids is 1. The maximum absolute atomic E-state index is 13.2. The molecule has 1 fully saturated rings. The van der Waals surface area contributed by atoms with Gasteiger partial charge in [-0.15, -0.1) is 0 Å². The predicted molar refractivity (Wildman–Crippen MR) is 118 cm³/mol. The highest BCUT2D eigenvalue weighted by atomic mass is 35.5. The van der Waals surface area contributed by atoms with E-state index in [1.807, 2.05) is 33.7 Å². The summed E-state index contributed by atoms with van der Waals surface area (Å²) in [6.07, 6.45) is 1.80. The number of benzene rings is 2. The molecule has 0 N–H and O–H groups in total. The first-order chi connectivity index (χ1) is 14.6. The Morgan fingerprint density at radius 3 is 2.47 bits per heavy atom. The summed E-state index contributed by atoms with van der Waals surface area (Å²) in [5.74, 6) is 0.459. The Hall–Kier alpha value is -2.85. The van der Waals surface area contributed by atoms with E-state index >= 15 is 0 Å². The van der Waals surface area contributed by atoms with E-state index in [2.05, 4.69) is 18.2 Å². The van der Waals surface area contributed by atoms with Gasteiger partial charge in [0.05, 0.1) is 0 Å². The van der Waals surface area contributed by atoms with Crippen LogP contribution in [-0.4, -0.2) is 28.5 Å². The molecular formula is C25H23ClN2O2. The van der Waals surface area contributed by atoms with Gasteiger partial charge in [-0.05, 0) is 54.7 Å². The van der Waals surface area contributed by atoms with Crippen molar-refractivity contribution < 1.29 is 4.79 Å². The van der Waals surface area contributed by atoms with Crippen molar-refractivity contribution in [3.05, 3.63) is 105 Å². The molecule has 2 aliphatic heterocycles. The van der Waals surface area contributed by atoms with E-state index in [9.17, 15) is 9.59 Å². The third kappa shape index (κ3) is 3.46. The fraction of sp³-hybridized carbons (Fsp3) is 0.280. The molecule has 0 unspecified atom stereocenters. The van der Waals surface area contributed by atoms with Crippen molar-refractivity contribution in [3.63, 3.8) is 0 Å². The van der Waals surface area contributed by atoms with Crippen LogP contribution < -0.4 is 5.56 Å². The molecule has 2 bridgehead atoms. The number of hydrogen-bond acceptors (Lipinski definition) is 2. The van der Waals surface area contributed by atoms with Gasteiger partial charge in [-0.25, -0.2) is 0 Å². The number of aromatic nitrogens is 1. The first-order valence-electron chi connectivity index (χ1n) is 10.4. The van der Waals surface area contributed by atoms with Gasteiger partial charge in [-0.3, -0.25) is 9.59 Å². The number of hydrogen-bond donors (Lipinski definition) is 0. The Kier molecular flexibility index (Phi) is 4.95. The first-order valence-corrected chi connectivity index (χ1v) is 10.8. The van der Waals surface area contributed by atoms with E-state index in [1.54, 1.807) is 30.3 Å². The van der Waals surface area contributed by atoms with Gasteiger partial charge in [0, 0.05) is 47.4 Å². The minimum Gasteiger partial charge on any atom is -0.338 e. The topological polar surface area (TPSA) is 42.3 Å². The van der Waals surface area contributed by atoms with Crippen LogP contribution in [0.25, 0.3) is 0 Å². The summed E-state index contributed by atoms with van der Waals surface area (Å²) in [5, 5.41) is 0.623. The lowest BCUT2D eigenvalue weighted by molar-refractivity contribution is 0.0529. The molecule has 5 heteroatoms. The molecule has 0 spiro atoms. The van der Waals surface area contributed by atoms with E-state index in [4.69, 9.17) is 11.6 Å². The molecule has 30 heavy (non-hydrogen) atoms. The molecule has 2 aliphatic rings. The summed E-state index contributed by atoms with van der Waals surface area (Å²) in [7, 11) is 0. The van der Waals surface area contributed by atoms with Gasteiger partial charge in [0.2, 0.25) is 0 Å². The van der Waals surface area contributed by atoms with Crippen molar-refractivity contribution in [1.29, 1.82) is 0 Å². The van der Waals surface area contributed by atoms with Gasteiger partial charge in [-0.2, -0.15) is 0 Å². The third-order valence-corrected chi connectivity index (χ3v) is 6.72. The van der Waals surface area contributed by atoms with Crippen LogP contribution in [0.1, 0.15) is 40.0 Å². The second kappa shape index (κ2) is 7.77. The van der Waals surface area contributed by atoms with Gasteiger partial charge >= 0.3 is 0 Å². The van der Waals surface area contributed by atoms with E-state index in [0.29, 0.717) is 23.7 Å². The highest BCUT2D eigenvalue weighted by Crippen LogP contribution is 2.42. The fourth-order valence-electron chi connectivity index (χ4n) is 5.10. The van der Waals surface area contributed by atoms with Gasteiger partial charge in [-0.1, -0.05) is 48.0 Å². The van der Waals surface area contributed by atoms with Crippen LogP contribution in [0, 0.1) is 5.92 Å². The average Bonchev–Trinajstić information content (AvgIpc) is 2.77. The number of carbonyl (C=O) groups is 1. The molecule has 0 radical (unpaired) electrons. The lowest BCUT2D eigenvalue weighted by Gasteiger charge is -2.47. The van der Waals surface area contributed by atoms with Crippen molar-refractivity contribution in [2.24, 2.45) is 5.92 Å². The minimum atomic E-state index is 0.0338. The number of nitrogens with zero attached hydrogens (tertiary/aromatic N) is 2. The molecule has 1 amide bonds. The molecule has 3 atom stereocenters. The quantitative estimate of drug-likeness (QED) is 0.626. The van der Waals surface area contributed by atoms with E-state index in [1.165, 1.54) is 5.56 Å². The van der Waals surface area contributed by atoms with E-state index in [0.717, 1.165) is 18.5 Å². The SMILES string of the molecule is O=C(c1ccc(Cl)cc1)N1C[C@H]2C[C@@H](C1)[C@H](Cc1ccccc1)n1c2cccc1=O.